The van der Waals surface area contributed by atoms with Crippen LogP contribution in [0.2, 0.25) is 10.0 Å². The number of nitrogens with zero attached hydrogens (tertiary/aromatic N) is 2. The van der Waals surface area contributed by atoms with Gasteiger partial charge in [0.2, 0.25) is 0 Å². The van der Waals surface area contributed by atoms with E-state index in [1.54, 1.807) is 0 Å². The maximum Gasteiger partial charge on any atom is 0.0670 e. The predicted octanol–water partition coefficient (Wildman–Crippen LogP) is 6.35. The van der Waals surface area contributed by atoms with Gasteiger partial charge in [-0.25, -0.2) is 0 Å². The lowest BCUT2D eigenvalue weighted by Gasteiger charge is -2.46. The van der Waals surface area contributed by atoms with Gasteiger partial charge in [-0.05, 0) is 61.1 Å². The fourth-order valence-corrected chi connectivity index (χ4v) is 5.35. The molecule has 0 N–H and O–H groups in total. The van der Waals surface area contributed by atoms with Crippen LogP contribution in [0.3, 0.4) is 0 Å². The van der Waals surface area contributed by atoms with Crippen molar-refractivity contribution in [3.8, 4) is 0 Å². The number of anilines is 1. The van der Waals surface area contributed by atoms with Crippen LogP contribution in [0.1, 0.15) is 43.4 Å². The van der Waals surface area contributed by atoms with Crippen molar-refractivity contribution in [3.05, 3.63) is 63.6 Å². The van der Waals surface area contributed by atoms with Gasteiger partial charge in [0.05, 0.1) is 16.8 Å². The highest BCUT2D eigenvalue weighted by molar-refractivity contribution is 6.33. The number of benzene rings is 2. The summed E-state index contributed by atoms with van der Waals surface area (Å²) in [7, 11) is 0. The summed E-state index contributed by atoms with van der Waals surface area (Å²) in [5.74, 6) is 0.797. The molecule has 2 fully saturated rings. The van der Waals surface area contributed by atoms with Crippen LogP contribution in [0, 0.1) is 12.8 Å². The van der Waals surface area contributed by atoms with Gasteiger partial charge < -0.3 is 4.90 Å². The fourth-order valence-electron chi connectivity index (χ4n) is 4.88. The van der Waals surface area contributed by atoms with Crippen LogP contribution in [0.25, 0.3) is 0 Å². The van der Waals surface area contributed by atoms with Gasteiger partial charge in [0.1, 0.15) is 0 Å². The Hall–Kier alpha value is -1.22. The Kier molecular flexibility index (Phi) is 5.68. The molecule has 0 aromatic heterocycles. The van der Waals surface area contributed by atoms with Crippen LogP contribution in [-0.4, -0.2) is 30.6 Å². The van der Waals surface area contributed by atoms with Gasteiger partial charge in [-0.2, -0.15) is 0 Å². The number of halogens is 2. The maximum atomic E-state index is 6.65. The lowest BCUT2D eigenvalue weighted by atomic mass is 9.97. The quantitative estimate of drug-likeness (QED) is 0.589. The molecule has 1 heterocycles. The van der Waals surface area contributed by atoms with Crippen molar-refractivity contribution in [2.75, 3.05) is 24.5 Å². The molecule has 4 rings (SSSR count). The molecule has 0 spiro atoms. The van der Waals surface area contributed by atoms with E-state index < -0.39 is 0 Å². The molecule has 0 radical (unpaired) electrons. The molecule has 0 amide bonds. The van der Waals surface area contributed by atoms with Gasteiger partial charge in [0.15, 0.2) is 0 Å². The van der Waals surface area contributed by atoms with Crippen molar-refractivity contribution in [1.29, 1.82) is 0 Å². The standard InChI is InChI=1S/C23H28Cl2N2/c1-16-6-11-22(20(25)14-16)27-13-12-26(21-5-3-4-17(21)2)15-23(27)18-7-9-19(24)10-8-18/h6-11,14,17,21,23H,3-5,12-13,15H2,1-2H3. The summed E-state index contributed by atoms with van der Waals surface area (Å²) in [6, 6.07) is 15.8. The minimum absolute atomic E-state index is 0.295. The van der Waals surface area contributed by atoms with Crippen molar-refractivity contribution in [1.82, 2.24) is 4.90 Å². The second-order valence-electron chi connectivity index (χ2n) is 8.19. The van der Waals surface area contributed by atoms with Crippen molar-refractivity contribution in [2.45, 2.75) is 45.2 Å². The molecule has 27 heavy (non-hydrogen) atoms. The minimum Gasteiger partial charge on any atom is -0.361 e. The lowest BCUT2D eigenvalue weighted by molar-refractivity contribution is 0.136. The normalized spacial score (nSPS) is 26.5. The highest BCUT2D eigenvalue weighted by Gasteiger charge is 2.36. The van der Waals surface area contributed by atoms with E-state index in [2.05, 4.69) is 54.0 Å². The van der Waals surface area contributed by atoms with Crippen LogP contribution in [-0.2, 0) is 0 Å². The number of hydrogen-bond donors (Lipinski definition) is 0. The van der Waals surface area contributed by atoms with Gasteiger partial charge in [-0.15, -0.1) is 0 Å². The molecule has 144 valence electrons. The van der Waals surface area contributed by atoms with Crippen molar-refractivity contribution in [2.24, 2.45) is 5.92 Å². The topological polar surface area (TPSA) is 6.48 Å². The van der Waals surface area contributed by atoms with Crippen LogP contribution in [0.4, 0.5) is 5.69 Å². The highest BCUT2D eigenvalue weighted by Crippen LogP contribution is 2.38. The van der Waals surface area contributed by atoms with Crippen LogP contribution >= 0.6 is 23.2 Å². The molecule has 2 nitrogen and oxygen atoms in total. The Balaban J connectivity index is 1.66. The van der Waals surface area contributed by atoms with Crippen LogP contribution in [0.15, 0.2) is 42.5 Å². The summed E-state index contributed by atoms with van der Waals surface area (Å²) in [5.41, 5.74) is 3.65. The van der Waals surface area contributed by atoms with E-state index in [1.807, 2.05) is 12.1 Å². The summed E-state index contributed by atoms with van der Waals surface area (Å²) in [6.45, 7) is 7.65. The predicted molar refractivity (Wildman–Crippen MR) is 116 cm³/mol. The molecule has 4 heteroatoms. The Labute approximate surface area is 173 Å². The summed E-state index contributed by atoms with van der Waals surface area (Å²) in [4.78, 5) is 5.21. The third kappa shape index (κ3) is 3.99. The number of aryl methyl sites for hydroxylation is 1. The molecule has 1 aliphatic carbocycles. The van der Waals surface area contributed by atoms with E-state index in [0.29, 0.717) is 6.04 Å². The SMILES string of the molecule is Cc1ccc(N2CCN(C3CCCC3C)CC2c2ccc(Cl)cc2)c(Cl)c1. The largest absolute Gasteiger partial charge is 0.361 e. The molecule has 2 aromatic carbocycles. The van der Waals surface area contributed by atoms with Crippen LogP contribution in [0.5, 0.6) is 0 Å². The first kappa shape index (κ1) is 19.1. The van der Waals surface area contributed by atoms with E-state index in [0.717, 1.165) is 47.3 Å². The molecular formula is C23H28Cl2N2. The summed E-state index contributed by atoms with van der Waals surface area (Å²) < 4.78 is 0. The average molecular weight is 403 g/mol. The number of hydrogen-bond acceptors (Lipinski definition) is 2. The van der Waals surface area contributed by atoms with E-state index in [-0.39, 0.29) is 0 Å². The monoisotopic (exact) mass is 402 g/mol. The van der Waals surface area contributed by atoms with Crippen molar-refractivity contribution < 1.29 is 0 Å². The Morgan fingerprint density at radius 3 is 2.41 bits per heavy atom. The lowest BCUT2D eigenvalue weighted by Crippen LogP contribution is -2.52. The minimum atomic E-state index is 0.295. The second-order valence-corrected chi connectivity index (χ2v) is 9.03. The third-order valence-electron chi connectivity index (χ3n) is 6.36. The zero-order valence-electron chi connectivity index (χ0n) is 16.2. The molecule has 2 aliphatic rings. The third-order valence-corrected chi connectivity index (χ3v) is 6.92. The molecule has 3 atom stereocenters. The maximum absolute atomic E-state index is 6.65. The molecule has 1 aliphatic heterocycles. The summed E-state index contributed by atoms with van der Waals surface area (Å²) >= 11 is 12.8. The highest BCUT2D eigenvalue weighted by atomic mass is 35.5. The Bertz CT molecular complexity index is 789. The smallest absolute Gasteiger partial charge is 0.0670 e. The van der Waals surface area contributed by atoms with Gasteiger partial charge in [0.25, 0.3) is 0 Å². The van der Waals surface area contributed by atoms with Gasteiger partial charge in [0, 0.05) is 30.7 Å². The number of piperazine rings is 1. The van der Waals surface area contributed by atoms with E-state index in [1.165, 1.54) is 30.4 Å². The second kappa shape index (κ2) is 8.03. The zero-order valence-corrected chi connectivity index (χ0v) is 17.7. The molecule has 3 unspecified atom stereocenters. The Morgan fingerprint density at radius 1 is 0.963 bits per heavy atom. The van der Waals surface area contributed by atoms with Crippen LogP contribution < -0.4 is 4.90 Å². The average Bonchev–Trinajstić information content (AvgIpc) is 3.08. The first-order valence-corrected chi connectivity index (χ1v) is 10.8. The van der Waals surface area contributed by atoms with Gasteiger partial charge >= 0.3 is 0 Å². The molecule has 0 bridgehead atoms. The number of rotatable bonds is 3. The molecule has 1 saturated heterocycles. The molecular weight excluding hydrogens is 375 g/mol. The van der Waals surface area contributed by atoms with Gasteiger partial charge in [-0.1, -0.05) is 54.7 Å². The first-order valence-electron chi connectivity index (χ1n) is 10.1. The first-order chi connectivity index (χ1) is 13.0. The van der Waals surface area contributed by atoms with Crippen molar-refractivity contribution >= 4 is 28.9 Å². The summed E-state index contributed by atoms with van der Waals surface area (Å²) in [6.07, 6.45) is 4.06. The molecule has 2 aromatic rings. The van der Waals surface area contributed by atoms with E-state index in [4.69, 9.17) is 23.2 Å². The summed E-state index contributed by atoms with van der Waals surface area (Å²) in [5, 5.41) is 1.63. The van der Waals surface area contributed by atoms with Gasteiger partial charge in [-0.3, -0.25) is 4.90 Å². The Morgan fingerprint density at radius 2 is 1.74 bits per heavy atom. The van der Waals surface area contributed by atoms with E-state index >= 15 is 0 Å². The van der Waals surface area contributed by atoms with E-state index in [9.17, 15) is 0 Å². The zero-order chi connectivity index (χ0) is 19.0. The van der Waals surface area contributed by atoms with Crippen molar-refractivity contribution in [3.63, 3.8) is 0 Å². The fraction of sp³-hybridized carbons (Fsp3) is 0.478. The molecule has 1 saturated carbocycles.